The van der Waals surface area contributed by atoms with E-state index in [0.717, 1.165) is 16.0 Å². The van der Waals surface area contributed by atoms with Gasteiger partial charge in [-0.2, -0.15) is 13.1 Å². The van der Waals surface area contributed by atoms with E-state index in [4.69, 9.17) is 9.47 Å². The molecule has 1 unspecified atom stereocenters. The quantitative estimate of drug-likeness (QED) is 0.464. The van der Waals surface area contributed by atoms with Gasteiger partial charge in [0.2, 0.25) is 10.0 Å². The van der Waals surface area contributed by atoms with Crippen LogP contribution in [0.4, 0.5) is 5.69 Å². The number of benzene rings is 2. The summed E-state index contributed by atoms with van der Waals surface area (Å²) in [5, 5.41) is 2.64. The lowest BCUT2D eigenvalue weighted by Crippen LogP contribution is -2.48. The molecule has 1 aliphatic heterocycles. The average Bonchev–Trinajstić information content (AvgIpc) is 3.33. The van der Waals surface area contributed by atoms with Crippen LogP contribution in [-0.4, -0.2) is 59.1 Å². The van der Waals surface area contributed by atoms with Crippen LogP contribution >= 0.6 is 11.7 Å². The number of carbonyl (C=O) groups is 2. The SMILES string of the molecule is CCOc1ccc(NC(=O)COC(=O)C2CCCCN2S(=O)(=O)c2cccc3nsnc23)cc1. The summed E-state index contributed by atoms with van der Waals surface area (Å²) in [6.07, 6.45) is 1.60. The number of nitrogens with one attached hydrogen (secondary N) is 1. The number of esters is 1. The summed E-state index contributed by atoms with van der Waals surface area (Å²) in [5.41, 5.74) is 1.28. The van der Waals surface area contributed by atoms with Crippen LogP contribution in [0.2, 0.25) is 0 Å². The fraction of sp³-hybridized carbons (Fsp3) is 0.364. The van der Waals surface area contributed by atoms with Crippen molar-refractivity contribution < 1.29 is 27.5 Å². The highest BCUT2D eigenvalue weighted by molar-refractivity contribution is 7.89. The summed E-state index contributed by atoms with van der Waals surface area (Å²) < 4.78 is 46.8. The number of fused-ring (bicyclic) bond motifs is 1. The maximum absolute atomic E-state index is 13.4. The zero-order valence-corrected chi connectivity index (χ0v) is 20.1. The lowest BCUT2D eigenvalue weighted by molar-refractivity contribution is -0.152. The maximum atomic E-state index is 13.4. The van der Waals surface area contributed by atoms with E-state index in [1.54, 1.807) is 36.4 Å². The molecule has 4 rings (SSSR count). The first-order valence-corrected chi connectivity index (χ1v) is 13.0. The van der Waals surface area contributed by atoms with Crippen molar-refractivity contribution in [3.8, 4) is 5.75 Å². The standard InChI is InChI=1S/C22H24N4O6S2/c1-2-31-16-11-9-15(10-12-16)23-20(27)14-32-22(28)18-7-3-4-13-26(18)34(29,30)19-8-5-6-17-21(19)25-33-24-17/h5-6,8-12,18H,2-4,7,13-14H2,1H3,(H,23,27). The summed E-state index contributed by atoms with van der Waals surface area (Å²) in [4.78, 5) is 25.1. The third-order valence-corrected chi connectivity index (χ3v) is 7.84. The van der Waals surface area contributed by atoms with Gasteiger partial charge in [-0.3, -0.25) is 9.59 Å². The van der Waals surface area contributed by atoms with E-state index in [-0.39, 0.29) is 17.0 Å². The summed E-state index contributed by atoms with van der Waals surface area (Å²) in [6, 6.07) is 10.5. The summed E-state index contributed by atoms with van der Waals surface area (Å²) in [6.45, 7) is 2.06. The number of ether oxygens (including phenoxy) is 2. The molecule has 1 fully saturated rings. The van der Waals surface area contributed by atoms with Gasteiger partial charge in [-0.25, -0.2) is 8.42 Å². The number of hydrogen-bond donors (Lipinski definition) is 1. The Morgan fingerprint density at radius 2 is 1.94 bits per heavy atom. The topological polar surface area (TPSA) is 128 Å². The summed E-state index contributed by atoms with van der Waals surface area (Å²) >= 11 is 0.926. The first-order valence-electron chi connectivity index (χ1n) is 10.8. The van der Waals surface area contributed by atoms with Crippen molar-refractivity contribution in [2.75, 3.05) is 25.1 Å². The summed E-state index contributed by atoms with van der Waals surface area (Å²) in [7, 11) is -4.02. The number of nitrogens with zero attached hydrogens (tertiary/aromatic N) is 3. The number of aromatic nitrogens is 2. The molecule has 0 spiro atoms. The minimum absolute atomic E-state index is 0.00620. The second-order valence-corrected chi connectivity index (χ2v) is 10.0. The van der Waals surface area contributed by atoms with Gasteiger partial charge in [0.05, 0.1) is 18.3 Å². The fourth-order valence-corrected chi connectivity index (χ4v) is 6.18. The van der Waals surface area contributed by atoms with Gasteiger partial charge in [0, 0.05) is 12.2 Å². The Kier molecular flexibility index (Phi) is 7.39. The van der Waals surface area contributed by atoms with Gasteiger partial charge in [0.25, 0.3) is 5.91 Å². The highest BCUT2D eigenvalue weighted by atomic mass is 32.2. The number of amides is 1. The smallest absolute Gasteiger partial charge is 0.324 e. The first kappa shape index (κ1) is 24.0. The number of hydrogen-bond acceptors (Lipinski definition) is 9. The van der Waals surface area contributed by atoms with E-state index in [0.29, 0.717) is 42.8 Å². The predicted octanol–water partition coefficient (Wildman–Crippen LogP) is 2.82. The molecule has 3 aromatic rings. The molecule has 1 N–H and O–H groups in total. The van der Waals surface area contributed by atoms with Crippen molar-refractivity contribution in [1.29, 1.82) is 0 Å². The maximum Gasteiger partial charge on any atom is 0.324 e. The molecule has 2 aromatic carbocycles. The van der Waals surface area contributed by atoms with E-state index in [2.05, 4.69) is 14.1 Å². The Labute approximate surface area is 201 Å². The minimum Gasteiger partial charge on any atom is -0.494 e. The molecule has 1 saturated heterocycles. The van der Waals surface area contributed by atoms with Crippen molar-refractivity contribution in [2.24, 2.45) is 0 Å². The van der Waals surface area contributed by atoms with Crippen LogP contribution in [-0.2, 0) is 24.3 Å². The molecule has 180 valence electrons. The van der Waals surface area contributed by atoms with Crippen LogP contribution in [0.5, 0.6) is 5.75 Å². The zero-order chi connectivity index (χ0) is 24.1. The molecule has 0 saturated carbocycles. The van der Waals surface area contributed by atoms with Gasteiger partial charge in [-0.15, -0.1) is 0 Å². The molecule has 2 heterocycles. The molecular formula is C22H24N4O6S2. The molecule has 10 nitrogen and oxygen atoms in total. The van der Waals surface area contributed by atoms with Crippen molar-refractivity contribution in [1.82, 2.24) is 13.1 Å². The minimum atomic E-state index is -4.02. The van der Waals surface area contributed by atoms with Crippen molar-refractivity contribution in [2.45, 2.75) is 37.1 Å². The Morgan fingerprint density at radius 3 is 2.71 bits per heavy atom. The monoisotopic (exact) mass is 504 g/mol. The molecule has 0 bridgehead atoms. The van der Waals surface area contributed by atoms with Crippen LogP contribution in [0.25, 0.3) is 11.0 Å². The predicted molar refractivity (Wildman–Crippen MR) is 126 cm³/mol. The van der Waals surface area contributed by atoms with E-state index in [1.807, 2.05) is 6.92 Å². The Hall–Kier alpha value is -3.09. The molecule has 1 aliphatic rings. The number of piperidine rings is 1. The highest BCUT2D eigenvalue weighted by Crippen LogP contribution is 2.30. The molecule has 0 radical (unpaired) electrons. The second kappa shape index (κ2) is 10.5. The van der Waals surface area contributed by atoms with E-state index in [1.165, 1.54) is 6.07 Å². The highest BCUT2D eigenvalue weighted by Gasteiger charge is 2.39. The first-order chi connectivity index (χ1) is 16.4. The van der Waals surface area contributed by atoms with Gasteiger partial charge in [-0.05, 0) is 62.6 Å². The van der Waals surface area contributed by atoms with E-state index < -0.39 is 34.5 Å². The van der Waals surface area contributed by atoms with Gasteiger partial charge in [0.1, 0.15) is 27.7 Å². The molecule has 0 aliphatic carbocycles. The van der Waals surface area contributed by atoms with Crippen LogP contribution in [0.15, 0.2) is 47.4 Å². The molecule has 1 atom stereocenters. The molecule has 12 heteroatoms. The average molecular weight is 505 g/mol. The second-order valence-electron chi connectivity index (χ2n) is 7.63. The van der Waals surface area contributed by atoms with Crippen LogP contribution in [0.1, 0.15) is 26.2 Å². The molecular weight excluding hydrogens is 480 g/mol. The van der Waals surface area contributed by atoms with E-state index >= 15 is 0 Å². The number of rotatable bonds is 8. The van der Waals surface area contributed by atoms with Crippen molar-refractivity contribution in [3.05, 3.63) is 42.5 Å². The van der Waals surface area contributed by atoms with E-state index in [9.17, 15) is 18.0 Å². The molecule has 34 heavy (non-hydrogen) atoms. The number of anilines is 1. The largest absolute Gasteiger partial charge is 0.494 e. The van der Waals surface area contributed by atoms with Crippen molar-refractivity contribution >= 4 is 50.3 Å². The lowest BCUT2D eigenvalue weighted by Gasteiger charge is -2.32. The Balaban J connectivity index is 1.42. The fourth-order valence-electron chi connectivity index (χ4n) is 3.78. The zero-order valence-electron chi connectivity index (χ0n) is 18.5. The number of sulfonamides is 1. The number of carbonyl (C=O) groups excluding carboxylic acids is 2. The summed E-state index contributed by atoms with van der Waals surface area (Å²) in [5.74, 6) is -0.607. The van der Waals surface area contributed by atoms with Crippen LogP contribution in [0, 0.1) is 0 Å². The van der Waals surface area contributed by atoms with Gasteiger partial charge in [0.15, 0.2) is 6.61 Å². The Bertz CT molecular complexity index is 1280. The third-order valence-electron chi connectivity index (χ3n) is 5.36. The van der Waals surface area contributed by atoms with Crippen molar-refractivity contribution in [3.63, 3.8) is 0 Å². The van der Waals surface area contributed by atoms with Crippen LogP contribution < -0.4 is 10.1 Å². The lowest BCUT2D eigenvalue weighted by atomic mass is 10.1. The van der Waals surface area contributed by atoms with Crippen LogP contribution in [0.3, 0.4) is 0 Å². The van der Waals surface area contributed by atoms with Gasteiger partial charge in [-0.1, -0.05) is 6.07 Å². The molecule has 1 amide bonds. The third kappa shape index (κ3) is 5.18. The van der Waals surface area contributed by atoms with Gasteiger partial charge < -0.3 is 14.8 Å². The molecule has 1 aromatic heterocycles. The van der Waals surface area contributed by atoms with Gasteiger partial charge >= 0.3 is 5.97 Å². The Morgan fingerprint density at radius 1 is 1.15 bits per heavy atom. The normalized spacial score (nSPS) is 16.8.